The van der Waals surface area contributed by atoms with Gasteiger partial charge in [0.15, 0.2) is 0 Å². The summed E-state index contributed by atoms with van der Waals surface area (Å²) in [6, 6.07) is 4.25. The Hall–Kier alpha value is -2.58. The number of esters is 1. The first kappa shape index (κ1) is 25.7. The van der Waals surface area contributed by atoms with Gasteiger partial charge in [-0.25, -0.2) is 9.59 Å². The number of nitrogens with zero attached hydrogens (tertiary/aromatic N) is 2. The first-order valence-electron chi connectivity index (χ1n) is 10.4. The van der Waals surface area contributed by atoms with E-state index in [9.17, 15) is 14.4 Å². The predicted octanol–water partition coefficient (Wildman–Crippen LogP) is 2.72. The minimum absolute atomic E-state index is 0. The average Bonchev–Trinajstić information content (AvgIpc) is 3.35. The molecule has 3 atom stereocenters. The summed E-state index contributed by atoms with van der Waals surface area (Å²) in [6.45, 7) is 10.4. The van der Waals surface area contributed by atoms with Crippen molar-refractivity contribution in [3.05, 3.63) is 41.5 Å². The van der Waals surface area contributed by atoms with Gasteiger partial charge in [-0.2, -0.15) is 0 Å². The van der Waals surface area contributed by atoms with Crippen LogP contribution in [0.4, 0.5) is 4.79 Å². The minimum atomic E-state index is -0.827. The molecule has 2 aliphatic rings. The summed E-state index contributed by atoms with van der Waals surface area (Å²) < 4.78 is 10.6. The van der Waals surface area contributed by atoms with Crippen molar-refractivity contribution in [2.24, 2.45) is 11.1 Å². The second-order valence-corrected chi connectivity index (χ2v) is 9.16. The van der Waals surface area contributed by atoms with Gasteiger partial charge in [0.2, 0.25) is 5.91 Å². The second kappa shape index (κ2) is 9.92. The van der Waals surface area contributed by atoms with Crippen LogP contribution in [0.1, 0.15) is 43.9 Å². The number of carbonyl (C=O) groups is 3. The molecule has 3 rings (SSSR count). The van der Waals surface area contributed by atoms with Crippen LogP contribution in [0.3, 0.4) is 0 Å². The lowest BCUT2D eigenvalue weighted by Crippen LogP contribution is -2.53. The smallest absolute Gasteiger partial charge is 0.410 e. The molecule has 2 N–H and O–H groups in total. The zero-order valence-electron chi connectivity index (χ0n) is 19.0. The number of methoxy groups -OCH3 is 1. The molecule has 0 saturated carbocycles. The molecule has 1 saturated heterocycles. The normalized spacial score (nSPS) is 20.8. The van der Waals surface area contributed by atoms with Crippen LogP contribution in [-0.2, 0) is 32.2 Å². The Bertz CT molecular complexity index is 898. The molecule has 8 nitrogen and oxygen atoms in total. The first-order chi connectivity index (χ1) is 14.6. The maximum atomic E-state index is 13.0. The van der Waals surface area contributed by atoms with Crippen LogP contribution in [0.2, 0.25) is 0 Å². The van der Waals surface area contributed by atoms with Crippen LogP contribution in [0.5, 0.6) is 0 Å². The number of carbonyl (C=O) groups excluding carboxylic acids is 3. The van der Waals surface area contributed by atoms with E-state index in [4.69, 9.17) is 15.2 Å². The standard InChI is InChI=1S/C23H31N3O5.ClH/c1-6-14-8-7-9-15-11-25(13-17(14)15)22(29)31-16-10-18(21(28)30-5)26(12-16)20(27)19(24)23(2,3)4;/h6-9,16,18-19H,1,10-13,24H2,2-5H3;1H/t16-,18+,19-;/m1./s1. The molecule has 0 radical (unpaired) electrons. The molecule has 9 heteroatoms. The van der Waals surface area contributed by atoms with Gasteiger partial charge in [0.25, 0.3) is 0 Å². The minimum Gasteiger partial charge on any atom is -0.467 e. The highest BCUT2D eigenvalue weighted by atomic mass is 35.5. The van der Waals surface area contributed by atoms with Crippen LogP contribution in [0.25, 0.3) is 6.08 Å². The zero-order valence-corrected chi connectivity index (χ0v) is 19.8. The van der Waals surface area contributed by atoms with Crippen molar-refractivity contribution in [2.45, 2.75) is 58.5 Å². The quantitative estimate of drug-likeness (QED) is 0.686. The van der Waals surface area contributed by atoms with E-state index < -0.39 is 35.7 Å². The fourth-order valence-electron chi connectivity index (χ4n) is 4.02. The van der Waals surface area contributed by atoms with Crippen molar-refractivity contribution in [3.8, 4) is 0 Å². The van der Waals surface area contributed by atoms with Gasteiger partial charge in [0.1, 0.15) is 12.1 Å². The van der Waals surface area contributed by atoms with Crippen molar-refractivity contribution in [3.63, 3.8) is 0 Å². The SMILES string of the molecule is C=Cc1cccc2c1CN(C(=O)O[C@@H]1C[C@@H](C(=O)OC)N(C(=O)[C@@H](N)C(C)(C)C)C1)C2.Cl. The predicted molar refractivity (Wildman–Crippen MR) is 123 cm³/mol. The van der Waals surface area contributed by atoms with Gasteiger partial charge in [-0.1, -0.05) is 51.6 Å². The maximum absolute atomic E-state index is 13.0. The molecular formula is C23H32ClN3O5. The van der Waals surface area contributed by atoms with Crippen LogP contribution in [-0.4, -0.2) is 59.6 Å². The van der Waals surface area contributed by atoms with Crippen molar-refractivity contribution >= 4 is 36.5 Å². The third-order valence-corrected chi connectivity index (χ3v) is 5.98. The third-order valence-electron chi connectivity index (χ3n) is 5.98. The Kier molecular flexibility index (Phi) is 7.96. The molecular weight excluding hydrogens is 434 g/mol. The van der Waals surface area contributed by atoms with E-state index in [-0.39, 0.29) is 31.3 Å². The molecule has 1 aromatic carbocycles. The molecule has 2 aliphatic heterocycles. The number of amides is 2. The van der Waals surface area contributed by atoms with Crippen molar-refractivity contribution in [2.75, 3.05) is 13.7 Å². The molecule has 32 heavy (non-hydrogen) atoms. The number of likely N-dealkylation sites (tertiary alicyclic amines) is 1. The highest BCUT2D eigenvalue weighted by Gasteiger charge is 2.45. The zero-order chi connectivity index (χ0) is 22.9. The average molecular weight is 466 g/mol. The van der Waals surface area contributed by atoms with Crippen LogP contribution in [0.15, 0.2) is 24.8 Å². The number of nitrogens with two attached hydrogens (primary N) is 1. The third kappa shape index (κ3) is 5.07. The van der Waals surface area contributed by atoms with Crippen molar-refractivity contribution in [1.29, 1.82) is 0 Å². The number of hydrogen-bond donors (Lipinski definition) is 1. The number of benzene rings is 1. The van der Waals surface area contributed by atoms with E-state index in [1.807, 2.05) is 39.0 Å². The first-order valence-corrected chi connectivity index (χ1v) is 10.4. The number of rotatable bonds is 4. The highest BCUT2D eigenvalue weighted by Crippen LogP contribution is 2.30. The van der Waals surface area contributed by atoms with Gasteiger partial charge in [-0.05, 0) is 22.1 Å². The van der Waals surface area contributed by atoms with Gasteiger partial charge in [0.05, 0.1) is 26.2 Å². The van der Waals surface area contributed by atoms with Crippen molar-refractivity contribution in [1.82, 2.24) is 9.80 Å². The van der Waals surface area contributed by atoms with E-state index >= 15 is 0 Å². The van der Waals surface area contributed by atoms with Gasteiger partial charge in [-0.15, -0.1) is 12.4 Å². The largest absolute Gasteiger partial charge is 0.467 e. The molecule has 2 amide bonds. The Labute approximate surface area is 195 Å². The molecule has 1 aromatic rings. The molecule has 176 valence electrons. The van der Waals surface area contributed by atoms with Crippen molar-refractivity contribution < 1.29 is 23.9 Å². The van der Waals surface area contributed by atoms with Crippen LogP contribution in [0, 0.1) is 5.41 Å². The van der Waals surface area contributed by atoms with E-state index in [0.717, 1.165) is 16.7 Å². The summed E-state index contributed by atoms with van der Waals surface area (Å²) in [6.07, 6.45) is 0.859. The lowest BCUT2D eigenvalue weighted by molar-refractivity contribution is -0.152. The Morgan fingerprint density at radius 2 is 1.94 bits per heavy atom. The Morgan fingerprint density at radius 1 is 1.25 bits per heavy atom. The molecule has 1 fully saturated rings. The molecule has 0 unspecified atom stereocenters. The Balaban J connectivity index is 0.00000363. The molecule has 2 heterocycles. The van der Waals surface area contributed by atoms with Crippen LogP contribution >= 0.6 is 12.4 Å². The van der Waals surface area contributed by atoms with E-state index in [1.54, 1.807) is 11.0 Å². The van der Waals surface area contributed by atoms with Gasteiger partial charge in [-0.3, -0.25) is 9.69 Å². The van der Waals surface area contributed by atoms with E-state index in [0.29, 0.717) is 13.1 Å². The Morgan fingerprint density at radius 3 is 2.53 bits per heavy atom. The van der Waals surface area contributed by atoms with Gasteiger partial charge < -0.3 is 20.1 Å². The van der Waals surface area contributed by atoms with Crippen LogP contribution < -0.4 is 5.73 Å². The van der Waals surface area contributed by atoms with Gasteiger partial charge >= 0.3 is 12.1 Å². The molecule has 0 spiro atoms. The summed E-state index contributed by atoms with van der Waals surface area (Å²) in [5, 5.41) is 0. The molecule has 0 bridgehead atoms. The monoisotopic (exact) mass is 465 g/mol. The molecule has 0 aliphatic carbocycles. The number of hydrogen-bond acceptors (Lipinski definition) is 6. The fourth-order valence-corrected chi connectivity index (χ4v) is 4.02. The summed E-state index contributed by atoms with van der Waals surface area (Å²) in [7, 11) is 1.27. The number of fused-ring (bicyclic) bond motifs is 1. The van der Waals surface area contributed by atoms with Gasteiger partial charge in [0, 0.05) is 13.0 Å². The summed E-state index contributed by atoms with van der Waals surface area (Å²) in [5.41, 5.74) is 8.76. The van der Waals surface area contributed by atoms with E-state index in [1.165, 1.54) is 12.0 Å². The maximum Gasteiger partial charge on any atom is 0.410 e. The molecule has 0 aromatic heterocycles. The fraction of sp³-hybridized carbons (Fsp3) is 0.522. The lowest BCUT2D eigenvalue weighted by Gasteiger charge is -2.32. The number of ether oxygens (including phenoxy) is 2. The lowest BCUT2D eigenvalue weighted by atomic mass is 9.86. The summed E-state index contributed by atoms with van der Waals surface area (Å²) in [4.78, 5) is 41.1. The number of halogens is 1. The van der Waals surface area contributed by atoms with E-state index in [2.05, 4.69) is 6.58 Å². The summed E-state index contributed by atoms with van der Waals surface area (Å²) >= 11 is 0. The highest BCUT2D eigenvalue weighted by molar-refractivity contribution is 5.88. The second-order valence-electron chi connectivity index (χ2n) is 9.16. The topological polar surface area (TPSA) is 102 Å². The summed E-state index contributed by atoms with van der Waals surface area (Å²) in [5.74, 6) is -0.900.